The van der Waals surface area contributed by atoms with Crippen molar-refractivity contribution in [3.05, 3.63) is 28.8 Å². The molecule has 1 heterocycles. The fourth-order valence-electron chi connectivity index (χ4n) is 2.77. The summed E-state index contributed by atoms with van der Waals surface area (Å²) in [6, 6.07) is 6.01. The van der Waals surface area contributed by atoms with E-state index in [4.69, 9.17) is 11.6 Å². The van der Waals surface area contributed by atoms with Crippen LogP contribution in [0.25, 0.3) is 0 Å². The predicted molar refractivity (Wildman–Crippen MR) is 72.8 cm³/mol. The summed E-state index contributed by atoms with van der Waals surface area (Å²) in [4.78, 5) is 2.37. The molecule has 1 unspecified atom stereocenters. The largest absolute Gasteiger partial charge is 0.396 e. The number of anilines is 1. The van der Waals surface area contributed by atoms with Crippen molar-refractivity contribution < 1.29 is 5.11 Å². The van der Waals surface area contributed by atoms with Gasteiger partial charge in [-0.1, -0.05) is 17.7 Å². The minimum atomic E-state index is -0.00973. The summed E-state index contributed by atoms with van der Waals surface area (Å²) >= 11 is 6.08. The van der Waals surface area contributed by atoms with E-state index in [1.54, 1.807) is 0 Å². The van der Waals surface area contributed by atoms with Gasteiger partial charge in [0.25, 0.3) is 0 Å². The molecule has 1 N–H and O–H groups in total. The van der Waals surface area contributed by atoms with Crippen LogP contribution in [0.15, 0.2) is 18.2 Å². The smallest absolute Gasteiger partial charge is 0.0482 e. The summed E-state index contributed by atoms with van der Waals surface area (Å²) in [6.45, 7) is 7.74. The lowest BCUT2D eigenvalue weighted by molar-refractivity contribution is 0.189. The van der Waals surface area contributed by atoms with Crippen LogP contribution in [0.5, 0.6) is 0 Å². The molecule has 1 atom stereocenters. The Balaban J connectivity index is 2.38. The van der Waals surface area contributed by atoms with Crippen LogP contribution in [0.3, 0.4) is 0 Å². The number of aliphatic hydroxyl groups excluding tert-OH is 1. The maximum atomic E-state index is 9.44. The quantitative estimate of drug-likeness (QED) is 0.875. The van der Waals surface area contributed by atoms with Gasteiger partial charge in [-0.2, -0.15) is 0 Å². The average molecular weight is 254 g/mol. The van der Waals surface area contributed by atoms with Crippen molar-refractivity contribution in [2.45, 2.75) is 32.7 Å². The first-order valence-corrected chi connectivity index (χ1v) is 6.49. The van der Waals surface area contributed by atoms with E-state index < -0.39 is 0 Å². The molecule has 3 heteroatoms. The second kappa shape index (κ2) is 4.51. The minimum Gasteiger partial charge on any atom is -0.396 e. The molecule has 0 aromatic heterocycles. The third kappa shape index (κ3) is 2.16. The molecule has 0 spiro atoms. The number of rotatable bonds is 2. The molecule has 2 rings (SSSR count). The predicted octanol–water partition coefficient (Wildman–Crippen LogP) is 3.25. The van der Waals surface area contributed by atoms with Gasteiger partial charge in [0.15, 0.2) is 0 Å². The summed E-state index contributed by atoms with van der Waals surface area (Å²) in [5, 5.41) is 10.2. The number of benzene rings is 1. The Bertz CT molecular complexity index is 417. The van der Waals surface area contributed by atoms with E-state index in [-0.39, 0.29) is 12.1 Å². The van der Waals surface area contributed by atoms with Crippen LogP contribution < -0.4 is 4.90 Å². The number of aliphatic hydroxyl groups is 1. The van der Waals surface area contributed by atoms with E-state index in [0.29, 0.717) is 5.92 Å². The van der Waals surface area contributed by atoms with E-state index in [0.717, 1.165) is 18.0 Å². The van der Waals surface area contributed by atoms with Crippen molar-refractivity contribution in [3.63, 3.8) is 0 Å². The van der Waals surface area contributed by atoms with Gasteiger partial charge in [0.05, 0.1) is 0 Å². The van der Waals surface area contributed by atoms with Crippen molar-refractivity contribution in [1.82, 2.24) is 0 Å². The molecule has 0 aliphatic carbocycles. The molecule has 0 radical (unpaired) electrons. The molecule has 0 saturated carbocycles. The van der Waals surface area contributed by atoms with Gasteiger partial charge in [0.1, 0.15) is 0 Å². The number of halogens is 1. The Morgan fingerprint density at radius 3 is 2.76 bits per heavy atom. The van der Waals surface area contributed by atoms with Crippen molar-refractivity contribution in [1.29, 1.82) is 0 Å². The first-order chi connectivity index (χ1) is 7.96. The summed E-state index contributed by atoms with van der Waals surface area (Å²) in [5.74, 6) is 0.334. The molecular formula is C14H20ClNO. The first-order valence-electron chi connectivity index (χ1n) is 6.11. The van der Waals surface area contributed by atoms with Gasteiger partial charge in [0.2, 0.25) is 0 Å². The Morgan fingerprint density at radius 1 is 1.47 bits per heavy atom. The first kappa shape index (κ1) is 12.7. The highest BCUT2D eigenvalue weighted by molar-refractivity contribution is 6.30. The second-order valence-electron chi connectivity index (χ2n) is 5.40. The Labute approximate surface area is 108 Å². The van der Waals surface area contributed by atoms with Gasteiger partial charge in [-0.05, 0) is 44.9 Å². The van der Waals surface area contributed by atoms with Crippen molar-refractivity contribution in [3.8, 4) is 0 Å². The fraction of sp³-hybridized carbons (Fsp3) is 0.571. The van der Waals surface area contributed by atoms with Crippen LogP contribution in [0, 0.1) is 12.8 Å². The summed E-state index contributed by atoms with van der Waals surface area (Å²) in [6.07, 6.45) is 1.04. The number of hydrogen-bond donors (Lipinski definition) is 1. The van der Waals surface area contributed by atoms with Gasteiger partial charge >= 0.3 is 0 Å². The number of hydrogen-bond acceptors (Lipinski definition) is 2. The Hall–Kier alpha value is -0.730. The minimum absolute atomic E-state index is 0.00973. The molecule has 1 saturated heterocycles. The van der Waals surface area contributed by atoms with Gasteiger partial charge in [0, 0.05) is 35.3 Å². The summed E-state index contributed by atoms with van der Waals surface area (Å²) in [7, 11) is 0. The maximum absolute atomic E-state index is 9.44. The summed E-state index contributed by atoms with van der Waals surface area (Å²) < 4.78 is 0. The molecule has 0 amide bonds. The Morgan fingerprint density at radius 2 is 2.18 bits per heavy atom. The van der Waals surface area contributed by atoms with Crippen molar-refractivity contribution in [2.75, 3.05) is 18.1 Å². The lowest BCUT2D eigenvalue weighted by atomic mass is 9.89. The molecule has 2 nitrogen and oxygen atoms in total. The van der Waals surface area contributed by atoms with Crippen LogP contribution in [-0.2, 0) is 0 Å². The number of nitrogens with zero attached hydrogens (tertiary/aromatic N) is 1. The second-order valence-corrected chi connectivity index (χ2v) is 5.84. The van der Waals surface area contributed by atoms with Gasteiger partial charge in [-0.25, -0.2) is 0 Å². The SMILES string of the molecule is Cc1ccc(Cl)cc1N1CCC(CO)C1(C)C. The van der Waals surface area contributed by atoms with Crippen LogP contribution >= 0.6 is 11.6 Å². The molecule has 1 fully saturated rings. The van der Waals surface area contributed by atoms with Crippen LogP contribution in [-0.4, -0.2) is 23.8 Å². The van der Waals surface area contributed by atoms with Crippen molar-refractivity contribution >= 4 is 17.3 Å². The third-order valence-electron chi connectivity index (χ3n) is 4.08. The van der Waals surface area contributed by atoms with E-state index in [1.807, 2.05) is 12.1 Å². The van der Waals surface area contributed by atoms with E-state index in [1.165, 1.54) is 11.3 Å². The molecule has 1 aromatic carbocycles. The zero-order valence-electron chi connectivity index (χ0n) is 10.7. The molecule has 1 aliphatic heterocycles. The Kier molecular flexibility index (Phi) is 3.37. The fourth-order valence-corrected chi connectivity index (χ4v) is 2.93. The van der Waals surface area contributed by atoms with Crippen LogP contribution in [0.4, 0.5) is 5.69 Å². The van der Waals surface area contributed by atoms with Gasteiger partial charge < -0.3 is 10.0 Å². The van der Waals surface area contributed by atoms with Crippen molar-refractivity contribution in [2.24, 2.45) is 5.92 Å². The standard InChI is InChI=1S/C14H20ClNO/c1-10-4-5-12(15)8-13(10)16-7-6-11(9-17)14(16,2)3/h4-5,8,11,17H,6-7,9H2,1-3H3. The maximum Gasteiger partial charge on any atom is 0.0482 e. The average Bonchev–Trinajstić information content (AvgIpc) is 2.57. The lowest BCUT2D eigenvalue weighted by Crippen LogP contribution is -2.44. The van der Waals surface area contributed by atoms with E-state index in [2.05, 4.69) is 31.7 Å². The van der Waals surface area contributed by atoms with Crippen LogP contribution in [0.2, 0.25) is 5.02 Å². The topological polar surface area (TPSA) is 23.5 Å². The van der Waals surface area contributed by atoms with Gasteiger partial charge in [-0.15, -0.1) is 0 Å². The molecule has 1 aliphatic rings. The van der Waals surface area contributed by atoms with Crippen LogP contribution in [0.1, 0.15) is 25.8 Å². The summed E-state index contributed by atoms with van der Waals surface area (Å²) in [5.41, 5.74) is 2.42. The molecular weight excluding hydrogens is 234 g/mol. The zero-order valence-corrected chi connectivity index (χ0v) is 11.5. The zero-order chi connectivity index (χ0) is 12.6. The highest BCUT2D eigenvalue weighted by Crippen LogP contribution is 2.39. The highest BCUT2D eigenvalue weighted by Gasteiger charge is 2.41. The molecule has 1 aromatic rings. The normalized spacial score (nSPS) is 23.1. The van der Waals surface area contributed by atoms with Gasteiger partial charge in [-0.3, -0.25) is 0 Å². The molecule has 17 heavy (non-hydrogen) atoms. The molecule has 0 bridgehead atoms. The monoisotopic (exact) mass is 253 g/mol. The highest BCUT2D eigenvalue weighted by atomic mass is 35.5. The van der Waals surface area contributed by atoms with E-state index >= 15 is 0 Å². The molecule has 94 valence electrons. The third-order valence-corrected chi connectivity index (χ3v) is 4.31. The van der Waals surface area contributed by atoms with E-state index in [9.17, 15) is 5.11 Å². The lowest BCUT2D eigenvalue weighted by Gasteiger charge is -2.38. The number of aryl methyl sites for hydroxylation is 1.